The van der Waals surface area contributed by atoms with Gasteiger partial charge in [0.25, 0.3) is 0 Å². The molecule has 0 saturated carbocycles. The maximum atomic E-state index is 13.4. The lowest BCUT2D eigenvalue weighted by molar-refractivity contribution is -0.137. The second kappa shape index (κ2) is 22.8. The summed E-state index contributed by atoms with van der Waals surface area (Å²) < 4.78 is 49.8. The summed E-state index contributed by atoms with van der Waals surface area (Å²) in [5.74, 6) is 1.98. The molecule has 53 heavy (non-hydrogen) atoms. The first kappa shape index (κ1) is 47.7. The molecule has 4 rings (SSSR count). The smallest absolute Gasteiger partial charge is 0.368 e. The first-order chi connectivity index (χ1) is 24.5. The molecule has 294 valence electrons. The Morgan fingerprint density at radius 1 is 0.642 bits per heavy atom. The summed E-state index contributed by atoms with van der Waals surface area (Å²) in [5.41, 5.74) is 1.65. The summed E-state index contributed by atoms with van der Waals surface area (Å²) in [6, 6.07) is 7.02. The van der Waals surface area contributed by atoms with Gasteiger partial charge >= 0.3 is 6.18 Å². The van der Waals surface area contributed by atoms with Crippen molar-refractivity contribution in [2.75, 3.05) is 21.3 Å². The van der Waals surface area contributed by atoms with Gasteiger partial charge in [-0.1, -0.05) is 53.3 Å². The van der Waals surface area contributed by atoms with Gasteiger partial charge in [-0.05, 0) is 105 Å². The molecule has 16 heteroatoms. The Labute approximate surface area is 331 Å². The van der Waals surface area contributed by atoms with Crippen molar-refractivity contribution >= 4 is 69.7 Å². The molecule has 0 aromatic carbocycles. The number of anilines is 4. The molecule has 0 atom stereocenters. The van der Waals surface area contributed by atoms with Crippen molar-refractivity contribution in [1.29, 1.82) is 0 Å². The SMILES string of the molecule is CC(C)Nc1ccc(C(F)(F)F)cn1.CCc1cc(Cl)cnc1NC(C)C.Cc1c(Cl)cnc(NC(C)C)c1F.Cc1nc(NC(C)C)c(Cl)cc1Cl. The normalized spacial score (nSPS) is 10.9. The Kier molecular flexibility index (Phi) is 20.5. The van der Waals surface area contributed by atoms with Crippen molar-refractivity contribution in [2.45, 2.75) is 113 Å². The van der Waals surface area contributed by atoms with Crippen molar-refractivity contribution in [3.63, 3.8) is 0 Å². The van der Waals surface area contributed by atoms with Gasteiger partial charge in [0.2, 0.25) is 0 Å². The van der Waals surface area contributed by atoms with Crippen LogP contribution in [0.4, 0.5) is 40.8 Å². The largest absolute Gasteiger partial charge is 0.417 e. The van der Waals surface area contributed by atoms with E-state index in [2.05, 4.69) is 62.0 Å². The summed E-state index contributed by atoms with van der Waals surface area (Å²) in [6.07, 6.45) is 0.576. The second-order valence-corrected chi connectivity index (χ2v) is 14.6. The van der Waals surface area contributed by atoms with Crippen LogP contribution in [0.1, 0.15) is 84.7 Å². The van der Waals surface area contributed by atoms with E-state index in [9.17, 15) is 17.6 Å². The first-order valence-electron chi connectivity index (χ1n) is 16.9. The highest BCUT2D eigenvalue weighted by molar-refractivity contribution is 6.36. The molecule has 0 spiro atoms. The number of nitrogens with one attached hydrogen (secondary N) is 4. The Morgan fingerprint density at radius 3 is 1.66 bits per heavy atom. The minimum absolute atomic E-state index is 0.152. The molecular formula is C37H50Cl4F4N8. The van der Waals surface area contributed by atoms with Crippen LogP contribution in [0.15, 0.2) is 42.9 Å². The standard InChI is InChI=1S/C10H15ClN2.C9H12Cl2N2.C9H12ClFN2.C9H11F3N2/c1-4-8-5-9(11)6-12-10(8)13-7(2)3;1-5(2)12-9-8(11)4-7(10)6(3)13-9;1-5(2)13-9-8(11)6(3)7(10)4-12-9;1-6(2)14-8-4-3-7(5-13-8)9(10,11)12/h5-7H,4H2,1-3H3,(H,12,13);2*4-5H,1-3H3,(H,12,13);3-6H,1-2H3,(H,13,14). The third kappa shape index (κ3) is 18.0. The number of aromatic nitrogens is 4. The van der Waals surface area contributed by atoms with Crippen molar-refractivity contribution in [1.82, 2.24) is 19.9 Å². The Morgan fingerprint density at radius 2 is 1.17 bits per heavy atom. The lowest BCUT2D eigenvalue weighted by atomic mass is 10.2. The van der Waals surface area contributed by atoms with Crippen molar-refractivity contribution in [2.24, 2.45) is 0 Å². The minimum Gasteiger partial charge on any atom is -0.368 e. The number of alkyl halides is 3. The summed E-state index contributed by atoms with van der Waals surface area (Å²) >= 11 is 23.3. The van der Waals surface area contributed by atoms with Gasteiger partial charge in [0, 0.05) is 48.3 Å². The summed E-state index contributed by atoms with van der Waals surface area (Å²) in [4.78, 5) is 16.0. The molecule has 0 aliphatic rings. The third-order valence-corrected chi connectivity index (χ3v) is 7.68. The third-order valence-electron chi connectivity index (χ3n) is 6.42. The number of hydrogen-bond donors (Lipinski definition) is 4. The van der Waals surface area contributed by atoms with E-state index < -0.39 is 11.7 Å². The fraction of sp³-hybridized carbons (Fsp3) is 0.459. The number of aryl methyl sites for hydroxylation is 2. The van der Waals surface area contributed by atoms with Crippen LogP contribution in [0.2, 0.25) is 20.1 Å². The Hall–Kier alpha value is -3.32. The predicted octanol–water partition coefficient (Wildman–Crippen LogP) is 12.6. The van der Waals surface area contributed by atoms with E-state index in [0.717, 1.165) is 30.2 Å². The average molecular weight is 825 g/mol. The summed E-state index contributed by atoms with van der Waals surface area (Å²) in [5, 5.41) is 14.4. The molecule has 0 aliphatic heterocycles. The lowest BCUT2D eigenvalue weighted by Gasteiger charge is -2.12. The monoisotopic (exact) mass is 822 g/mol. The molecular weight excluding hydrogens is 774 g/mol. The van der Waals surface area contributed by atoms with Gasteiger partial charge in [0.1, 0.15) is 17.5 Å². The number of nitrogens with zero attached hydrogens (tertiary/aromatic N) is 4. The molecule has 0 unspecified atom stereocenters. The quantitative estimate of drug-likeness (QED) is 0.124. The zero-order valence-electron chi connectivity index (χ0n) is 31.9. The van der Waals surface area contributed by atoms with E-state index in [0.29, 0.717) is 49.4 Å². The highest BCUT2D eigenvalue weighted by Crippen LogP contribution is 2.29. The highest BCUT2D eigenvalue weighted by Gasteiger charge is 2.30. The van der Waals surface area contributed by atoms with Crippen LogP contribution >= 0.6 is 46.4 Å². The predicted molar refractivity (Wildman–Crippen MR) is 216 cm³/mol. The number of rotatable bonds is 9. The van der Waals surface area contributed by atoms with Crippen LogP contribution < -0.4 is 21.3 Å². The van der Waals surface area contributed by atoms with Crippen LogP contribution in [0, 0.1) is 19.7 Å². The molecule has 4 aromatic rings. The fourth-order valence-corrected chi connectivity index (χ4v) is 4.69. The molecule has 0 fully saturated rings. The van der Waals surface area contributed by atoms with Crippen LogP contribution in [-0.4, -0.2) is 44.1 Å². The van der Waals surface area contributed by atoms with Gasteiger partial charge in [0.15, 0.2) is 11.6 Å². The van der Waals surface area contributed by atoms with Crippen molar-refractivity contribution in [3.8, 4) is 0 Å². The fourth-order valence-electron chi connectivity index (χ4n) is 3.96. The van der Waals surface area contributed by atoms with Gasteiger partial charge < -0.3 is 21.3 Å². The van der Waals surface area contributed by atoms with Gasteiger partial charge in [-0.3, -0.25) is 0 Å². The maximum absolute atomic E-state index is 13.4. The first-order valence-corrected chi connectivity index (χ1v) is 18.4. The average Bonchev–Trinajstić information content (AvgIpc) is 3.04. The number of pyridine rings is 4. The zero-order valence-corrected chi connectivity index (χ0v) is 34.9. The molecule has 4 N–H and O–H groups in total. The molecule has 8 nitrogen and oxygen atoms in total. The van der Waals surface area contributed by atoms with Gasteiger partial charge in [0.05, 0.1) is 31.3 Å². The number of halogens is 8. The van der Waals surface area contributed by atoms with E-state index >= 15 is 0 Å². The topological polar surface area (TPSA) is 99.7 Å². The van der Waals surface area contributed by atoms with Crippen LogP contribution in [0.3, 0.4) is 0 Å². The van der Waals surface area contributed by atoms with E-state index in [4.69, 9.17) is 46.4 Å². The summed E-state index contributed by atoms with van der Waals surface area (Å²) in [6.45, 7) is 21.4. The zero-order chi connectivity index (χ0) is 40.6. The number of hydrogen-bond acceptors (Lipinski definition) is 8. The van der Waals surface area contributed by atoms with Crippen molar-refractivity contribution in [3.05, 3.63) is 91.1 Å². The van der Waals surface area contributed by atoms with E-state index in [-0.39, 0.29) is 23.7 Å². The molecule has 0 radical (unpaired) electrons. The molecule has 4 heterocycles. The van der Waals surface area contributed by atoms with E-state index in [1.807, 2.05) is 54.5 Å². The summed E-state index contributed by atoms with van der Waals surface area (Å²) in [7, 11) is 0. The van der Waals surface area contributed by atoms with Gasteiger partial charge in [-0.15, -0.1) is 0 Å². The molecule has 0 amide bonds. The van der Waals surface area contributed by atoms with Crippen LogP contribution in [0.25, 0.3) is 0 Å². The molecule has 0 bridgehead atoms. The van der Waals surface area contributed by atoms with Gasteiger partial charge in [-0.2, -0.15) is 13.2 Å². The molecule has 0 saturated heterocycles. The van der Waals surface area contributed by atoms with Crippen molar-refractivity contribution < 1.29 is 17.6 Å². The minimum atomic E-state index is -4.32. The highest BCUT2D eigenvalue weighted by atomic mass is 35.5. The van der Waals surface area contributed by atoms with E-state index in [1.165, 1.54) is 17.8 Å². The molecule has 4 aromatic heterocycles. The van der Waals surface area contributed by atoms with Gasteiger partial charge in [-0.25, -0.2) is 24.3 Å². The Bertz CT molecular complexity index is 1700. The van der Waals surface area contributed by atoms with E-state index in [1.54, 1.807) is 19.2 Å². The Balaban J connectivity index is 0.000000354. The second-order valence-electron chi connectivity index (χ2n) is 12.9. The molecule has 0 aliphatic carbocycles. The lowest BCUT2D eigenvalue weighted by Crippen LogP contribution is -2.13. The van der Waals surface area contributed by atoms with Crippen LogP contribution in [0.5, 0.6) is 0 Å². The van der Waals surface area contributed by atoms with Crippen LogP contribution in [-0.2, 0) is 12.6 Å². The maximum Gasteiger partial charge on any atom is 0.417 e.